The first-order chi connectivity index (χ1) is 8.39. The lowest BCUT2D eigenvalue weighted by Gasteiger charge is -2.26. The Balaban J connectivity index is 1.96. The van der Waals surface area contributed by atoms with E-state index in [4.69, 9.17) is 4.74 Å². The van der Waals surface area contributed by atoms with Gasteiger partial charge in [-0.25, -0.2) is 0 Å². The van der Waals surface area contributed by atoms with Gasteiger partial charge in [0.05, 0.1) is 5.92 Å². The van der Waals surface area contributed by atoms with Crippen LogP contribution in [-0.2, 0) is 14.3 Å². The molecule has 1 aliphatic carbocycles. The third kappa shape index (κ3) is 2.92. The molecule has 100 valence electrons. The Morgan fingerprint density at radius 3 is 2.61 bits per heavy atom. The van der Waals surface area contributed by atoms with E-state index in [0.717, 1.165) is 32.2 Å². The van der Waals surface area contributed by atoms with Crippen LogP contribution in [0.1, 0.15) is 40.0 Å². The molecule has 0 radical (unpaired) electrons. The number of hydrogen-bond donors (Lipinski definition) is 0. The lowest BCUT2D eigenvalue weighted by atomic mass is 9.85. The van der Waals surface area contributed by atoms with Crippen molar-refractivity contribution < 1.29 is 14.3 Å². The largest absolute Gasteiger partial charge is 0.460 e. The molecule has 2 rings (SSSR count). The highest BCUT2D eigenvalue weighted by Gasteiger charge is 2.33. The first kappa shape index (κ1) is 13.1. The molecule has 18 heavy (non-hydrogen) atoms. The number of amides is 1. The number of nitrogens with zero attached hydrogens (tertiary/aromatic N) is 1. The van der Waals surface area contributed by atoms with Crippen LogP contribution in [0.25, 0.3) is 0 Å². The third-order valence-electron chi connectivity index (χ3n) is 3.46. The van der Waals surface area contributed by atoms with Crippen LogP contribution in [0.4, 0.5) is 0 Å². The third-order valence-corrected chi connectivity index (χ3v) is 3.46. The molecule has 0 aromatic carbocycles. The standard InChI is InChI=1S/C14H21NO3/c1-14(2,3)18-13(17)10-4-5-11-7-15(9-16)8-12(11)6-10/h9-10H,4-8H2,1-3H3/t10-/m1/s1. The van der Waals surface area contributed by atoms with Gasteiger partial charge in [0.15, 0.2) is 0 Å². The molecule has 1 aliphatic heterocycles. The summed E-state index contributed by atoms with van der Waals surface area (Å²) in [5.41, 5.74) is 2.20. The van der Waals surface area contributed by atoms with Gasteiger partial charge in [0, 0.05) is 13.1 Å². The highest BCUT2D eigenvalue weighted by atomic mass is 16.6. The van der Waals surface area contributed by atoms with Crippen molar-refractivity contribution in [3.63, 3.8) is 0 Å². The molecule has 0 spiro atoms. The first-order valence-corrected chi connectivity index (χ1v) is 6.51. The summed E-state index contributed by atoms with van der Waals surface area (Å²) >= 11 is 0. The molecule has 1 amide bonds. The van der Waals surface area contributed by atoms with Crippen LogP contribution in [0.2, 0.25) is 0 Å². The zero-order chi connectivity index (χ0) is 13.3. The van der Waals surface area contributed by atoms with Gasteiger partial charge in [-0.05, 0) is 51.2 Å². The minimum absolute atomic E-state index is 0.0328. The lowest BCUT2D eigenvalue weighted by molar-refractivity contribution is -0.160. The van der Waals surface area contributed by atoms with Gasteiger partial charge in [-0.2, -0.15) is 0 Å². The van der Waals surface area contributed by atoms with Gasteiger partial charge in [0.2, 0.25) is 6.41 Å². The topological polar surface area (TPSA) is 46.6 Å². The Labute approximate surface area is 108 Å². The van der Waals surface area contributed by atoms with Crippen LogP contribution in [0.3, 0.4) is 0 Å². The maximum atomic E-state index is 12.0. The Bertz CT molecular complexity index is 392. The molecule has 1 atom stereocenters. The Kier molecular flexibility index (Phi) is 3.46. The van der Waals surface area contributed by atoms with Gasteiger partial charge in [0.1, 0.15) is 5.60 Å². The number of carbonyl (C=O) groups is 2. The molecule has 0 saturated carbocycles. The molecule has 0 bridgehead atoms. The summed E-state index contributed by atoms with van der Waals surface area (Å²) in [6.07, 6.45) is 3.42. The van der Waals surface area contributed by atoms with E-state index in [9.17, 15) is 9.59 Å². The lowest BCUT2D eigenvalue weighted by Crippen LogP contribution is -2.30. The number of carbonyl (C=O) groups excluding carboxylic acids is 2. The second-order valence-electron chi connectivity index (χ2n) is 6.19. The van der Waals surface area contributed by atoms with Crippen molar-refractivity contribution in [2.24, 2.45) is 5.92 Å². The zero-order valence-electron chi connectivity index (χ0n) is 11.4. The van der Waals surface area contributed by atoms with Crippen molar-refractivity contribution in [2.75, 3.05) is 13.1 Å². The smallest absolute Gasteiger partial charge is 0.309 e. The van der Waals surface area contributed by atoms with E-state index in [1.807, 2.05) is 20.8 Å². The van der Waals surface area contributed by atoms with Gasteiger partial charge in [-0.1, -0.05) is 0 Å². The van der Waals surface area contributed by atoms with Crippen LogP contribution < -0.4 is 0 Å². The van der Waals surface area contributed by atoms with Gasteiger partial charge < -0.3 is 9.64 Å². The maximum absolute atomic E-state index is 12.0. The SMILES string of the molecule is CC(C)(C)OC(=O)[C@@H]1CCC2=C(C1)CN(C=O)C2. The molecule has 4 heteroatoms. The molecule has 0 aromatic rings. The monoisotopic (exact) mass is 251 g/mol. The summed E-state index contributed by atoms with van der Waals surface area (Å²) in [4.78, 5) is 24.6. The van der Waals surface area contributed by atoms with Gasteiger partial charge in [0.25, 0.3) is 0 Å². The van der Waals surface area contributed by atoms with Gasteiger partial charge >= 0.3 is 5.97 Å². The minimum Gasteiger partial charge on any atom is -0.460 e. The van der Waals surface area contributed by atoms with Crippen LogP contribution in [0.5, 0.6) is 0 Å². The number of hydrogen-bond acceptors (Lipinski definition) is 3. The van der Waals surface area contributed by atoms with Crippen molar-refractivity contribution in [1.29, 1.82) is 0 Å². The zero-order valence-corrected chi connectivity index (χ0v) is 11.4. The first-order valence-electron chi connectivity index (χ1n) is 6.51. The predicted molar refractivity (Wildman–Crippen MR) is 67.8 cm³/mol. The molecule has 0 saturated heterocycles. The summed E-state index contributed by atoms with van der Waals surface area (Å²) in [5.74, 6) is -0.131. The summed E-state index contributed by atoms with van der Waals surface area (Å²) in [5, 5.41) is 0. The molecule has 0 N–H and O–H groups in total. The molecular weight excluding hydrogens is 230 g/mol. The summed E-state index contributed by atoms with van der Waals surface area (Å²) in [6, 6.07) is 0. The molecule has 0 aromatic heterocycles. The highest BCUT2D eigenvalue weighted by molar-refractivity contribution is 5.74. The summed E-state index contributed by atoms with van der Waals surface area (Å²) < 4.78 is 5.43. The van der Waals surface area contributed by atoms with Crippen LogP contribution in [0.15, 0.2) is 11.1 Å². The summed E-state index contributed by atoms with van der Waals surface area (Å²) in [7, 11) is 0. The van der Waals surface area contributed by atoms with Crippen LogP contribution in [0, 0.1) is 5.92 Å². The van der Waals surface area contributed by atoms with E-state index in [-0.39, 0.29) is 11.9 Å². The molecule has 0 unspecified atom stereocenters. The van der Waals surface area contributed by atoms with Crippen molar-refractivity contribution >= 4 is 12.4 Å². The fourth-order valence-electron chi connectivity index (χ4n) is 2.64. The van der Waals surface area contributed by atoms with E-state index >= 15 is 0 Å². The van der Waals surface area contributed by atoms with Crippen molar-refractivity contribution in [1.82, 2.24) is 4.90 Å². The second kappa shape index (κ2) is 4.75. The molecule has 2 aliphatic rings. The predicted octanol–water partition coefficient (Wildman–Crippen LogP) is 1.90. The van der Waals surface area contributed by atoms with Gasteiger partial charge in [-0.3, -0.25) is 9.59 Å². The highest BCUT2D eigenvalue weighted by Crippen LogP contribution is 2.35. The Hall–Kier alpha value is -1.32. The van der Waals surface area contributed by atoms with Crippen LogP contribution in [-0.4, -0.2) is 36.0 Å². The van der Waals surface area contributed by atoms with Crippen LogP contribution >= 0.6 is 0 Å². The van der Waals surface area contributed by atoms with Crippen molar-refractivity contribution in [3.05, 3.63) is 11.1 Å². The van der Waals surface area contributed by atoms with E-state index in [2.05, 4.69) is 0 Å². The quantitative estimate of drug-likeness (QED) is 0.428. The minimum atomic E-state index is -0.420. The fourth-order valence-corrected chi connectivity index (χ4v) is 2.64. The van der Waals surface area contributed by atoms with Gasteiger partial charge in [-0.15, -0.1) is 0 Å². The average molecular weight is 251 g/mol. The summed E-state index contributed by atoms with van der Waals surface area (Å²) in [6.45, 7) is 7.12. The molecular formula is C14H21NO3. The average Bonchev–Trinajstić information content (AvgIpc) is 2.68. The number of rotatable bonds is 2. The molecule has 1 heterocycles. The molecule has 0 fully saturated rings. The Morgan fingerprint density at radius 2 is 2.00 bits per heavy atom. The fraction of sp³-hybridized carbons (Fsp3) is 0.714. The molecule has 4 nitrogen and oxygen atoms in total. The van der Waals surface area contributed by atoms with E-state index in [1.54, 1.807) is 4.90 Å². The van der Waals surface area contributed by atoms with E-state index in [0.29, 0.717) is 6.54 Å². The van der Waals surface area contributed by atoms with E-state index < -0.39 is 5.60 Å². The number of esters is 1. The van der Waals surface area contributed by atoms with E-state index in [1.165, 1.54) is 11.1 Å². The number of ether oxygens (including phenoxy) is 1. The normalized spacial score (nSPS) is 23.9. The van der Waals surface area contributed by atoms with Crippen molar-refractivity contribution in [2.45, 2.75) is 45.6 Å². The maximum Gasteiger partial charge on any atom is 0.309 e. The second-order valence-corrected chi connectivity index (χ2v) is 6.19. The Morgan fingerprint density at radius 1 is 1.33 bits per heavy atom. The van der Waals surface area contributed by atoms with Crippen molar-refractivity contribution in [3.8, 4) is 0 Å².